The van der Waals surface area contributed by atoms with Gasteiger partial charge in [0.15, 0.2) is 12.1 Å². The van der Waals surface area contributed by atoms with Crippen molar-refractivity contribution in [1.29, 1.82) is 0 Å². The predicted octanol–water partition coefficient (Wildman–Crippen LogP) is 5.11. The number of amides is 1. The van der Waals surface area contributed by atoms with Crippen molar-refractivity contribution < 1.29 is 54.4 Å². The zero-order valence-corrected chi connectivity index (χ0v) is 33.4. The number of carbonyl (C=O) groups excluding carboxylic acids is 2. The van der Waals surface area contributed by atoms with Gasteiger partial charge in [0.05, 0.1) is 32.0 Å². The molecule has 2 aromatic rings. The van der Waals surface area contributed by atoms with Gasteiger partial charge in [0, 0.05) is 24.2 Å². The molecule has 1 fully saturated rings. The maximum absolute atomic E-state index is 13.0. The quantitative estimate of drug-likeness (QED) is 0.0411. The first kappa shape index (κ1) is 47.6. The number of benzene rings is 2. The third-order valence-electron chi connectivity index (χ3n) is 10.5. The molecule has 7 N–H and O–H groups in total. The van der Waals surface area contributed by atoms with Crippen molar-refractivity contribution in [2.75, 3.05) is 19.8 Å². The molecule has 5 unspecified atom stereocenters. The molecule has 1 heterocycles. The second-order valence-corrected chi connectivity index (χ2v) is 15.2. The minimum absolute atomic E-state index is 0.0463. The van der Waals surface area contributed by atoms with Crippen LogP contribution in [0.25, 0.3) is 0 Å². The summed E-state index contributed by atoms with van der Waals surface area (Å²) in [6, 6.07) is 15.4. The highest BCUT2D eigenvalue weighted by molar-refractivity contribution is 6.09. The summed E-state index contributed by atoms with van der Waals surface area (Å²) in [7, 11) is 0. The molecule has 3 rings (SSSR count). The van der Waals surface area contributed by atoms with Crippen LogP contribution in [-0.4, -0.2) is 111 Å². The van der Waals surface area contributed by atoms with Crippen molar-refractivity contribution in [1.82, 2.24) is 5.32 Å². The highest BCUT2D eigenvalue weighted by atomic mass is 16.7. The number of ketones is 1. The zero-order valence-electron chi connectivity index (χ0n) is 33.4. The summed E-state index contributed by atoms with van der Waals surface area (Å²) < 4.78 is 16.9. The van der Waals surface area contributed by atoms with Crippen molar-refractivity contribution in [2.24, 2.45) is 0 Å². The van der Waals surface area contributed by atoms with Gasteiger partial charge in [-0.2, -0.15) is 0 Å². The maximum Gasteiger partial charge on any atom is 0.220 e. The molecular formula is C44H69NO11. The van der Waals surface area contributed by atoms with Gasteiger partial charge in [0.2, 0.25) is 5.91 Å². The van der Waals surface area contributed by atoms with E-state index in [2.05, 4.69) is 12.2 Å². The predicted molar refractivity (Wildman–Crippen MR) is 214 cm³/mol. The number of hydrogen-bond donors (Lipinski definition) is 7. The van der Waals surface area contributed by atoms with Crippen molar-refractivity contribution in [3.8, 4) is 0 Å². The molecule has 0 bridgehead atoms. The monoisotopic (exact) mass is 787 g/mol. The van der Waals surface area contributed by atoms with Crippen LogP contribution in [0.5, 0.6) is 0 Å². The molecule has 1 saturated heterocycles. The number of nitrogens with one attached hydrogen (secondary N) is 1. The molecule has 1 amide bonds. The summed E-state index contributed by atoms with van der Waals surface area (Å²) in [5.41, 5.74) is 2.12. The van der Waals surface area contributed by atoms with E-state index in [1.807, 2.05) is 36.4 Å². The summed E-state index contributed by atoms with van der Waals surface area (Å²) in [4.78, 5) is 25.8. The first-order valence-corrected chi connectivity index (χ1v) is 21.0. The average Bonchev–Trinajstić information content (AvgIpc) is 3.21. The van der Waals surface area contributed by atoms with Crippen molar-refractivity contribution in [3.05, 3.63) is 71.3 Å². The fraction of sp³-hybridized carbons (Fsp3) is 0.682. The number of carbonyl (C=O) groups is 2. The van der Waals surface area contributed by atoms with E-state index in [1.165, 1.54) is 51.4 Å². The molecule has 0 radical (unpaired) electrons. The molecule has 56 heavy (non-hydrogen) atoms. The lowest BCUT2D eigenvalue weighted by Gasteiger charge is -2.40. The standard InChI is InChI=1S/C44H69NO11/c1-2-3-4-5-6-7-8-9-10-11-12-17-25-36(47)40(50)35(31-55-44-43(53)42(52)41(51)37(29-46)56-44)45-38(48)26-18-14-19-27-54-30-32-21-20-24-34(28-32)39(49)33-22-15-13-16-23-33/h13,15-16,20-24,28,35-37,40-44,46-47,50-53H,2-12,14,17-19,25-27,29-31H2,1H3,(H,45,48)/t35-,36+,37?,40-,41?,42?,43?,44?/m0/s1. The van der Waals surface area contributed by atoms with Gasteiger partial charge in [-0.15, -0.1) is 0 Å². The fourth-order valence-electron chi connectivity index (χ4n) is 6.96. The lowest BCUT2D eigenvalue weighted by Crippen LogP contribution is -2.60. The Bertz CT molecular complexity index is 1350. The van der Waals surface area contributed by atoms with Crippen LogP contribution in [0.2, 0.25) is 0 Å². The SMILES string of the molecule is CCCCCCCCCCCCCC[C@@H](O)[C@@H](O)[C@H](COC1OC(CO)C(O)C(O)C1O)NC(=O)CCCCCOCc1cccc(C(=O)c2ccccc2)c1. The normalized spacial score (nSPS) is 21.4. The summed E-state index contributed by atoms with van der Waals surface area (Å²) >= 11 is 0. The Morgan fingerprint density at radius 3 is 2.04 bits per heavy atom. The Hall–Kier alpha value is -2.78. The number of unbranched alkanes of at least 4 members (excludes halogenated alkanes) is 13. The van der Waals surface area contributed by atoms with E-state index < -0.39 is 55.6 Å². The second kappa shape index (κ2) is 27.8. The van der Waals surface area contributed by atoms with Crippen LogP contribution < -0.4 is 5.32 Å². The van der Waals surface area contributed by atoms with Crippen molar-refractivity contribution in [3.63, 3.8) is 0 Å². The molecule has 1 aliphatic heterocycles. The highest BCUT2D eigenvalue weighted by Crippen LogP contribution is 2.23. The highest BCUT2D eigenvalue weighted by Gasteiger charge is 2.44. The minimum atomic E-state index is -1.64. The van der Waals surface area contributed by atoms with Crippen molar-refractivity contribution in [2.45, 2.75) is 172 Å². The fourth-order valence-corrected chi connectivity index (χ4v) is 6.96. The van der Waals surface area contributed by atoms with E-state index in [4.69, 9.17) is 14.2 Å². The minimum Gasteiger partial charge on any atom is -0.394 e. The van der Waals surface area contributed by atoms with Gasteiger partial charge in [-0.3, -0.25) is 9.59 Å². The molecule has 1 aliphatic rings. The smallest absolute Gasteiger partial charge is 0.220 e. The number of aliphatic hydroxyl groups excluding tert-OH is 6. The van der Waals surface area contributed by atoms with E-state index in [9.17, 15) is 40.2 Å². The van der Waals surface area contributed by atoms with E-state index in [1.54, 1.807) is 18.2 Å². The van der Waals surface area contributed by atoms with Crippen LogP contribution in [0, 0.1) is 0 Å². The molecule has 316 valence electrons. The Labute approximate surface area is 333 Å². The van der Waals surface area contributed by atoms with Gasteiger partial charge in [-0.25, -0.2) is 0 Å². The zero-order chi connectivity index (χ0) is 40.5. The van der Waals surface area contributed by atoms with Crippen LogP contribution in [0.4, 0.5) is 0 Å². The molecular weight excluding hydrogens is 718 g/mol. The lowest BCUT2D eigenvalue weighted by molar-refractivity contribution is -0.303. The molecule has 2 aromatic carbocycles. The number of ether oxygens (including phenoxy) is 3. The van der Waals surface area contributed by atoms with Crippen LogP contribution in [0.1, 0.15) is 138 Å². The van der Waals surface area contributed by atoms with E-state index in [-0.39, 0.29) is 24.7 Å². The summed E-state index contributed by atoms with van der Waals surface area (Å²) in [6.07, 6.45) is 6.51. The number of aliphatic hydroxyl groups is 6. The Kier molecular flexibility index (Phi) is 23.6. The molecule has 0 aromatic heterocycles. The molecule has 0 saturated carbocycles. The Morgan fingerprint density at radius 2 is 1.38 bits per heavy atom. The second-order valence-electron chi connectivity index (χ2n) is 15.2. The molecule has 12 heteroatoms. The lowest BCUT2D eigenvalue weighted by atomic mass is 9.98. The Morgan fingerprint density at radius 1 is 0.750 bits per heavy atom. The van der Waals surface area contributed by atoms with Gasteiger partial charge in [-0.1, -0.05) is 139 Å². The van der Waals surface area contributed by atoms with Crippen LogP contribution in [-0.2, 0) is 25.6 Å². The van der Waals surface area contributed by atoms with Gasteiger partial charge in [0.25, 0.3) is 0 Å². The first-order chi connectivity index (χ1) is 27.2. The molecule has 0 aliphatic carbocycles. The van der Waals surface area contributed by atoms with Crippen LogP contribution >= 0.6 is 0 Å². The molecule has 8 atom stereocenters. The van der Waals surface area contributed by atoms with Crippen molar-refractivity contribution >= 4 is 11.7 Å². The number of rotatable bonds is 30. The van der Waals surface area contributed by atoms with E-state index in [0.717, 1.165) is 24.8 Å². The average molecular weight is 788 g/mol. The van der Waals surface area contributed by atoms with Gasteiger partial charge < -0.3 is 50.2 Å². The van der Waals surface area contributed by atoms with Gasteiger partial charge in [0.1, 0.15) is 30.5 Å². The van der Waals surface area contributed by atoms with Gasteiger partial charge >= 0.3 is 0 Å². The van der Waals surface area contributed by atoms with Crippen LogP contribution in [0.3, 0.4) is 0 Å². The largest absolute Gasteiger partial charge is 0.394 e. The summed E-state index contributed by atoms with van der Waals surface area (Å²) in [6.45, 7) is 2.06. The van der Waals surface area contributed by atoms with E-state index >= 15 is 0 Å². The summed E-state index contributed by atoms with van der Waals surface area (Å²) in [5, 5.41) is 65.1. The molecule has 0 spiro atoms. The van der Waals surface area contributed by atoms with E-state index in [0.29, 0.717) is 56.4 Å². The van der Waals surface area contributed by atoms with Crippen LogP contribution in [0.15, 0.2) is 54.6 Å². The topological polar surface area (TPSA) is 195 Å². The summed E-state index contributed by atoms with van der Waals surface area (Å²) in [5.74, 6) is -0.403. The van der Waals surface area contributed by atoms with Gasteiger partial charge in [-0.05, 0) is 30.9 Å². The molecule has 12 nitrogen and oxygen atoms in total. The third-order valence-corrected chi connectivity index (χ3v) is 10.5. The number of hydrogen-bond acceptors (Lipinski definition) is 11. The maximum atomic E-state index is 13.0. The first-order valence-electron chi connectivity index (χ1n) is 21.0. The third kappa shape index (κ3) is 17.4. The Balaban J connectivity index is 1.40.